The van der Waals surface area contributed by atoms with E-state index < -0.39 is 17.2 Å². The van der Waals surface area contributed by atoms with E-state index in [0.29, 0.717) is 41.4 Å². The second-order valence-electron chi connectivity index (χ2n) is 7.48. The van der Waals surface area contributed by atoms with Gasteiger partial charge in [-0.2, -0.15) is 0 Å². The molecule has 2 aliphatic heterocycles. The van der Waals surface area contributed by atoms with E-state index in [2.05, 4.69) is 5.43 Å². The Morgan fingerprint density at radius 1 is 1.41 bits per heavy atom. The second kappa shape index (κ2) is 6.05. The van der Waals surface area contributed by atoms with Crippen LogP contribution < -0.4 is 32.2 Å². The van der Waals surface area contributed by atoms with Crippen LogP contribution >= 0.6 is 11.3 Å². The molecule has 0 amide bonds. The summed E-state index contributed by atoms with van der Waals surface area (Å²) in [6, 6.07) is -0.0747. The van der Waals surface area contributed by atoms with Crippen LogP contribution in [0, 0.1) is 5.82 Å². The summed E-state index contributed by atoms with van der Waals surface area (Å²) in [5.41, 5.74) is 9.18. The Kier molecular flexibility index (Phi) is 3.79. The third-order valence-electron chi connectivity index (χ3n) is 5.73. The van der Waals surface area contributed by atoms with Gasteiger partial charge in [-0.25, -0.2) is 9.18 Å². The number of nitrogens with zero attached hydrogens (tertiary/aromatic N) is 3. The summed E-state index contributed by atoms with van der Waals surface area (Å²) in [4.78, 5) is 29.1. The fraction of sp³-hybridized carbons (Fsp3) is 0.333. The lowest BCUT2D eigenvalue weighted by atomic mass is 10.0. The maximum absolute atomic E-state index is 15.7. The Labute approximate surface area is 167 Å². The van der Waals surface area contributed by atoms with Crippen LogP contribution in [0.25, 0.3) is 15.7 Å². The zero-order chi connectivity index (χ0) is 20.6. The summed E-state index contributed by atoms with van der Waals surface area (Å²) in [5.74, 6) is 3.60. The van der Waals surface area contributed by atoms with Crippen LogP contribution in [0.15, 0.2) is 10.2 Å². The predicted octanol–water partition coefficient (Wildman–Crippen LogP) is 1.12. The first-order chi connectivity index (χ1) is 13.8. The number of anilines is 3. The zero-order valence-electron chi connectivity index (χ0n) is 15.5. The number of hydrazine groups is 1. The highest BCUT2D eigenvalue weighted by Gasteiger charge is 2.35. The molecule has 0 saturated carbocycles. The molecule has 0 radical (unpaired) electrons. The average molecular weight is 418 g/mol. The molecule has 11 heteroatoms. The maximum atomic E-state index is 15.7. The highest BCUT2D eigenvalue weighted by Crippen LogP contribution is 2.47. The van der Waals surface area contributed by atoms with Crippen molar-refractivity contribution in [3.05, 3.63) is 32.7 Å². The molecule has 6 N–H and O–H groups in total. The minimum atomic E-state index is -1.35. The topological polar surface area (TPSA) is 129 Å². The van der Waals surface area contributed by atoms with Gasteiger partial charge >= 0.3 is 5.97 Å². The van der Waals surface area contributed by atoms with Crippen molar-refractivity contribution < 1.29 is 14.3 Å². The summed E-state index contributed by atoms with van der Waals surface area (Å²) in [6.07, 6.45) is 0.725. The van der Waals surface area contributed by atoms with Crippen molar-refractivity contribution in [3.8, 4) is 0 Å². The molecule has 29 heavy (non-hydrogen) atoms. The van der Waals surface area contributed by atoms with Crippen molar-refractivity contribution in [2.45, 2.75) is 19.0 Å². The minimum Gasteiger partial charge on any atom is -0.477 e. The van der Waals surface area contributed by atoms with Crippen molar-refractivity contribution in [1.29, 1.82) is 0 Å². The van der Waals surface area contributed by atoms with E-state index in [0.717, 1.165) is 12.1 Å². The van der Waals surface area contributed by atoms with Gasteiger partial charge in [-0.3, -0.25) is 15.0 Å². The van der Waals surface area contributed by atoms with Crippen LogP contribution in [0.4, 0.5) is 21.5 Å². The van der Waals surface area contributed by atoms with E-state index in [1.165, 1.54) is 11.3 Å². The lowest BCUT2D eigenvalue weighted by molar-refractivity contribution is 0.0697. The highest BCUT2D eigenvalue weighted by molar-refractivity contribution is 7.16. The number of nitrogens with two attached hydrogens (primary N) is 2. The molecule has 5 rings (SSSR count). The smallest absolute Gasteiger partial charge is 0.342 e. The van der Waals surface area contributed by atoms with Crippen LogP contribution in [-0.4, -0.2) is 41.7 Å². The standard InChI is InChI=1S/C18H19FN6O3S/c1-23-5-8-6-29-17-10(18(27)28)16(26)9-12(22-21)11(19)14(15(23)13(9)25(8)17)24-3-2-7(20)4-24/h6-7,22H,2-5,20-21H2,1H3,(H,27,28). The molecule has 2 aliphatic rings. The predicted molar refractivity (Wildman–Crippen MR) is 111 cm³/mol. The van der Waals surface area contributed by atoms with Gasteiger partial charge < -0.3 is 26.1 Å². The summed E-state index contributed by atoms with van der Waals surface area (Å²) in [5, 5.41) is 11.4. The number of carboxylic acids is 1. The van der Waals surface area contributed by atoms with Gasteiger partial charge in [0.1, 0.15) is 21.8 Å². The Bertz CT molecular complexity index is 1270. The molecule has 4 heterocycles. The molecule has 1 unspecified atom stereocenters. The van der Waals surface area contributed by atoms with E-state index in [-0.39, 0.29) is 22.7 Å². The molecule has 0 bridgehead atoms. The minimum absolute atomic E-state index is 0.0617. The molecule has 1 atom stereocenters. The number of rotatable bonds is 3. The Morgan fingerprint density at radius 2 is 2.17 bits per heavy atom. The van der Waals surface area contributed by atoms with Crippen molar-refractivity contribution in [2.24, 2.45) is 11.6 Å². The lowest BCUT2D eigenvalue weighted by Gasteiger charge is -2.33. The monoisotopic (exact) mass is 418 g/mol. The van der Waals surface area contributed by atoms with Crippen molar-refractivity contribution >= 4 is 50.1 Å². The second-order valence-corrected chi connectivity index (χ2v) is 8.34. The van der Waals surface area contributed by atoms with E-state index in [1.54, 1.807) is 4.40 Å². The molecule has 152 valence electrons. The van der Waals surface area contributed by atoms with Gasteiger partial charge in [0, 0.05) is 31.6 Å². The van der Waals surface area contributed by atoms with E-state index >= 15 is 4.39 Å². The summed E-state index contributed by atoms with van der Waals surface area (Å²) in [6.45, 7) is 1.51. The number of carboxylic acid groups (broad SMARTS) is 1. The SMILES string of the molecule is CN1Cc2csc3c(C(=O)O)c(=O)c4c(NN)c(F)c(N5CCC(N)C5)c1c4n23. The molecular weight excluding hydrogens is 399 g/mol. The zero-order valence-corrected chi connectivity index (χ0v) is 16.3. The molecule has 0 spiro atoms. The Balaban J connectivity index is 2.04. The molecule has 1 saturated heterocycles. The van der Waals surface area contributed by atoms with E-state index in [1.807, 2.05) is 22.2 Å². The fourth-order valence-electron chi connectivity index (χ4n) is 4.51. The number of nitrogens with one attached hydrogen (secondary N) is 1. The van der Waals surface area contributed by atoms with E-state index in [4.69, 9.17) is 11.6 Å². The number of nitrogen functional groups attached to an aromatic ring is 1. The number of benzene rings is 1. The van der Waals surface area contributed by atoms with Gasteiger partial charge in [0.2, 0.25) is 5.43 Å². The highest BCUT2D eigenvalue weighted by atomic mass is 32.1. The normalized spacial score (nSPS) is 18.4. The molecule has 9 nitrogen and oxygen atoms in total. The molecule has 3 aromatic rings. The average Bonchev–Trinajstić information content (AvgIpc) is 3.27. The largest absolute Gasteiger partial charge is 0.477 e. The van der Waals surface area contributed by atoms with Gasteiger partial charge in [0.25, 0.3) is 0 Å². The van der Waals surface area contributed by atoms with Crippen LogP contribution in [0.2, 0.25) is 0 Å². The van der Waals surface area contributed by atoms with Crippen LogP contribution in [0.5, 0.6) is 0 Å². The first-order valence-electron chi connectivity index (χ1n) is 9.11. The number of carbonyl (C=O) groups is 1. The maximum Gasteiger partial charge on any atom is 0.342 e. The lowest BCUT2D eigenvalue weighted by Crippen LogP contribution is -2.33. The summed E-state index contributed by atoms with van der Waals surface area (Å²) < 4.78 is 17.5. The quantitative estimate of drug-likeness (QED) is 0.368. The number of pyridine rings is 1. The van der Waals surface area contributed by atoms with Gasteiger partial charge in [-0.1, -0.05) is 0 Å². The Hall–Kier alpha value is -2.89. The molecule has 1 aromatic carbocycles. The van der Waals surface area contributed by atoms with Gasteiger partial charge in [0.05, 0.1) is 28.8 Å². The van der Waals surface area contributed by atoms with Crippen LogP contribution in [-0.2, 0) is 6.54 Å². The number of hydrogen-bond donors (Lipinski definition) is 4. The first kappa shape index (κ1) is 18.2. The third kappa shape index (κ3) is 2.26. The van der Waals surface area contributed by atoms with Gasteiger partial charge in [-0.15, -0.1) is 11.3 Å². The number of aromatic carboxylic acids is 1. The summed E-state index contributed by atoms with van der Waals surface area (Å²) in [7, 11) is 1.83. The number of hydrogen-bond acceptors (Lipinski definition) is 8. The molecular formula is C18H19FN6O3S. The number of thiazole rings is 1. The molecule has 0 aliphatic carbocycles. The number of aromatic nitrogens is 1. The van der Waals surface area contributed by atoms with E-state index in [9.17, 15) is 14.7 Å². The van der Waals surface area contributed by atoms with Crippen molar-refractivity contribution in [3.63, 3.8) is 0 Å². The van der Waals surface area contributed by atoms with Crippen molar-refractivity contribution in [1.82, 2.24) is 4.40 Å². The Morgan fingerprint density at radius 3 is 2.79 bits per heavy atom. The number of halogens is 1. The fourth-order valence-corrected chi connectivity index (χ4v) is 5.55. The third-order valence-corrected chi connectivity index (χ3v) is 6.73. The van der Waals surface area contributed by atoms with Gasteiger partial charge in [0.15, 0.2) is 5.82 Å². The summed E-state index contributed by atoms with van der Waals surface area (Å²) >= 11 is 1.19. The first-order valence-corrected chi connectivity index (χ1v) is 9.98. The van der Waals surface area contributed by atoms with Gasteiger partial charge in [-0.05, 0) is 6.42 Å². The van der Waals surface area contributed by atoms with Crippen molar-refractivity contribution in [2.75, 3.05) is 35.4 Å². The van der Waals surface area contributed by atoms with Crippen LogP contribution in [0.3, 0.4) is 0 Å². The molecule has 2 aromatic heterocycles. The van der Waals surface area contributed by atoms with Crippen LogP contribution in [0.1, 0.15) is 22.5 Å². The molecule has 1 fully saturated rings.